The van der Waals surface area contributed by atoms with Gasteiger partial charge in [-0.2, -0.15) is 13.2 Å². The van der Waals surface area contributed by atoms with E-state index in [2.05, 4.69) is 5.32 Å². The Balaban J connectivity index is 1.73. The Labute approximate surface area is 153 Å². The number of carbonyl (C=O) groups is 2. The van der Waals surface area contributed by atoms with E-state index in [0.29, 0.717) is 18.8 Å². The number of urea groups is 1. The topological polar surface area (TPSA) is 55.9 Å². The number of hydrogen-bond acceptors (Lipinski definition) is 3. The first-order valence-electron chi connectivity index (χ1n) is 8.61. The molecule has 0 saturated carbocycles. The zero-order valence-electron chi connectivity index (χ0n) is 14.7. The molecule has 10 heteroatoms. The third-order valence-electron chi connectivity index (χ3n) is 4.78. The molecule has 3 rings (SSSR count). The number of alkyl halides is 3. The Bertz CT molecular complexity index is 740. The highest BCUT2D eigenvalue weighted by Crippen LogP contribution is 2.24. The summed E-state index contributed by atoms with van der Waals surface area (Å²) in [4.78, 5) is 28.5. The molecule has 2 fully saturated rings. The molecule has 0 bridgehead atoms. The lowest BCUT2D eigenvalue weighted by Gasteiger charge is -2.40. The van der Waals surface area contributed by atoms with Crippen LogP contribution >= 0.6 is 0 Å². The second kappa shape index (κ2) is 7.34. The van der Waals surface area contributed by atoms with Gasteiger partial charge in [-0.3, -0.25) is 14.6 Å². The molecule has 1 unspecified atom stereocenters. The molecule has 1 N–H and O–H groups in total. The van der Waals surface area contributed by atoms with Crippen molar-refractivity contribution >= 4 is 17.6 Å². The second-order valence-corrected chi connectivity index (χ2v) is 6.73. The van der Waals surface area contributed by atoms with Crippen molar-refractivity contribution in [2.24, 2.45) is 0 Å². The van der Waals surface area contributed by atoms with E-state index in [0.717, 1.165) is 6.07 Å². The maximum absolute atomic E-state index is 14.2. The van der Waals surface area contributed by atoms with Gasteiger partial charge >= 0.3 is 12.2 Å². The van der Waals surface area contributed by atoms with Crippen molar-refractivity contribution in [1.29, 1.82) is 0 Å². The van der Waals surface area contributed by atoms with Crippen LogP contribution < -0.4 is 10.2 Å². The quantitative estimate of drug-likeness (QED) is 0.807. The van der Waals surface area contributed by atoms with Gasteiger partial charge in [-0.05, 0) is 25.1 Å². The van der Waals surface area contributed by atoms with E-state index < -0.39 is 30.5 Å². The molecule has 2 heterocycles. The van der Waals surface area contributed by atoms with Crippen LogP contribution in [0.4, 0.5) is 28.0 Å². The van der Waals surface area contributed by atoms with Crippen molar-refractivity contribution < 1.29 is 27.2 Å². The molecular formula is C17H20F4N4O2. The number of nitrogens with one attached hydrogen (secondary N) is 1. The van der Waals surface area contributed by atoms with E-state index in [9.17, 15) is 27.2 Å². The first-order valence-corrected chi connectivity index (χ1v) is 8.61. The molecule has 2 aliphatic heterocycles. The van der Waals surface area contributed by atoms with Crippen LogP contribution in [-0.2, 0) is 0 Å². The van der Waals surface area contributed by atoms with Crippen molar-refractivity contribution in [2.75, 3.05) is 44.2 Å². The van der Waals surface area contributed by atoms with E-state index >= 15 is 0 Å². The van der Waals surface area contributed by atoms with Gasteiger partial charge in [0, 0.05) is 44.5 Å². The molecule has 0 aromatic heterocycles. The fourth-order valence-corrected chi connectivity index (χ4v) is 3.38. The van der Waals surface area contributed by atoms with Gasteiger partial charge in [-0.1, -0.05) is 0 Å². The summed E-state index contributed by atoms with van der Waals surface area (Å²) in [5.74, 6) is -1.32. The predicted molar refractivity (Wildman–Crippen MR) is 90.1 cm³/mol. The zero-order chi connectivity index (χ0) is 19.8. The summed E-state index contributed by atoms with van der Waals surface area (Å²) >= 11 is 0. The SMILES string of the molecule is CC1CN(C(=O)c2cc(N3CCNC3=O)ccc2F)CCN1CC(F)(F)F. The van der Waals surface area contributed by atoms with Crippen LogP contribution in [0.2, 0.25) is 0 Å². The van der Waals surface area contributed by atoms with Crippen molar-refractivity contribution in [3.8, 4) is 0 Å². The molecule has 1 aromatic rings. The summed E-state index contributed by atoms with van der Waals surface area (Å²) in [5, 5.41) is 2.62. The number of halogens is 4. The fourth-order valence-electron chi connectivity index (χ4n) is 3.38. The lowest BCUT2D eigenvalue weighted by atomic mass is 10.1. The highest BCUT2D eigenvalue weighted by Gasteiger charge is 2.36. The Morgan fingerprint density at radius 1 is 1.26 bits per heavy atom. The van der Waals surface area contributed by atoms with Gasteiger partial charge in [0.05, 0.1) is 12.1 Å². The Morgan fingerprint density at radius 2 is 2.00 bits per heavy atom. The van der Waals surface area contributed by atoms with Crippen LogP contribution in [0.5, 0.6) is 0 Å². The Hall–Kier alpha value is -2.36. The van der Waals surface area contributed by atoms with Gasteiger partial charge in [-0.25, -0.2) is 9.18 Å². The third-order valence-corrected chi connectivity index (χ3v) is 4.78. The highest BCUT2D eigenvalue weighted by molar-refractivity contribution is 5.98. The molecule has 27 heavy (non-hydrogen) atoms. The molecule has 2 aliphatic rings. The summed E-state index contributed by atoms with van der Waals surface area (Å²) in [5.41, 5.74) is 0.210. The maximum Gasteiger partial charge on any atom is 0.401 e. The minimum Gasteiger partial charge on any atom is -0.336 e. The first kappa shape index (κ1) is 19.4. The molecule has 1 atom stereocenters. The zero-order valence-corrected chi connectivity index (χ0v) is 14.7. The molecule has 148 valence electrons. The number of nitrogens with zero attached hydrogens (tertiary/aromatic N) is 3. The first-order chi connectivity index (χ1) is 12.7. The summed E-state index contributed by atoms with van der Waals surface area (Å²) in [6.07, 6.45) is -4.31. The molecule has 0 aliphatic carbocycles. The lowest BCUT2D eigenvalue weighted by molar-refractivity contribution is -0.153. The van der Waals surface area contributed by atoms with Gasteiger partial charge < -0.3 is 10.2 Å². The molecule has 3 amide bonds. The van der Waals surface area contributed by atoms with Crippen LogP contribution in [-0.4, -0.2) is 73.2 Å². The number of piperazine rings is 1. The van der Waals surface area contributed by atoms with E-state index in [4.69, 9.17) is 0 Å². The summed E-state index contributed by atoms with van der Waals surface area (Å²) < 4.78 is 52.0. The number of rotatable bonds is 3. The average Bonchev–Trinajstić information content (AvgIpc) is 3.01. The van der Waals surface area contributed by atoms with Gasteiger partial charge in [0.2, 0.25) is 0 Å². The van der Waals surface area contributed by atoms with E-state index in [-0.39, 0.29) is 31.2 Å². The molecule has 6 nitrogen and oxygen atoms in total. The maximum atomic E-state index is 14.2. The normalized spacial score (nSPS) is 21.5. The molecule has 2 saturated heterocycles. The number of amides is 3. The summed E-state index contributed by atoms with van der Waals surface area (Å²) in [6.45, 7) is 1.64. The molecular weight excluding hydrogens is 368 g/mol. The van der Waals surface area contributed by atoms with Gasteiger partial charge in [0.25, 0.3) is 5.91 Å². The monoisotopic (exact) mass is 388 g/mol. The predicted octanol–water partition coefficient (Wildman–Crippen LogP) is 2.06. The Kier molecular flexibility index (Phi) is 5.27. The second-order valence-electron chi connectivity index (χ2n) is 6.73. The minimum atomic E-state index is -4.31. The van der Waals surface area contributed by atoms with Crippen molar-refractivity contribution in [2.45, 2.75) is 19.1 Å². The molecule has 1 aromatic carbocycles. The van der Waals surface area contributed by atoms with Crippen LogP contribution in [0.1, 0.15) is 17.3 Å². The average molecular weight is 388 g/mol. The number of hydrogen-bond donors (Lipinski definition) is 1. The van der Waals surface area contributed by atoms with E-state index in [1.54, 1.807) is 6.92 Å². The fraction of sp³-hybridized carbons (Fsp3) is 0.529. The van der Waals surface area contributed by atoms with Crippen LogP contribution in [0.15, 0.2) is 18.2 Å². The van der Waals surface area contributed by atoms with Crippen molar-refractivity contribution in [3.05, 3.63) is 29.6 Å². The summed E-state index contributed by atoms with van der Waals surface area (Å²) in [6, 6.07) is 3.03. The van der Waals surface area contributed by atoms with Gasteiger partial charge in [0.1, 0.15) is 5.82 Å². The number of benzene rings is 1. The van der Waals surface area contributed by atoms with Crippen molar-refractivity contribution in [3.63, 3.8) is 0 Å². The van der Waals surface area contributed by atoms with Gasteiger partial charge in [-0.15, -0.1) is 0 Å². The number of carbonyl (C=O) groups excluding carboxylic acids is 2. The highest BCUT2D eigenvalue weighted by atomic mass is 19.4. The van der Waals surface area contributed by atoms with Crippen LogP contribution in [0.25, 0.3) is 0 Å². The lowest BCUT2D eigenvalue weighted by Crippen LogP contribution is -2.55. The smallest absolute Gasteiger partial charge is 0.336 e. The minimum absolute atomic E-state index is 0.0578. The van der Waals surface area contributed by atoms with Crippen LogP contribution in [0.3, 0.4) is 0 Å². The van der Waals surface area contributed by atoms with E-state index in [1.807, 2.05) is 0 Å². The van der Waals surface area contributed by atoms with Crippen LogP contribution in [0, 0.1) is 5.82 Å². The number of anilines is 1. The van der Waals surface area contributed by atoms with Crippen molar-refractivity contribution in [1.82, 2.24) is 15.1 Å². The molecule has 0 spiro atoms. The van der Waals surface area contributed by atoms with E-state index in [1.165, 1.54) is 26.8 Å². The summed E-state index contributed by atoms with van der Waals surface area (Å²) in [7, 11) is 0. The standard InChI is InChI=1S/C17H20F4N4O2/c1-11-9-23(6-7-24(11)10-17(19,20)21)15(26)13-8-12(2-3-14(13)18)25-5-4-22-16(25)27/h2-3,8,11H,4-7,9-10H2,1H3,(H,22,27). The largest absolute Gasteiger partial charge is 0.401 e. The Morgan fingerprint density at radius 3 is 2.59 bits per heavy atom. The third kappa shape index (κ3) is 4.32. The molecule has 0 radical (unpaired) electrons. The van der Waals surface area contributed by atoms with Gasteiger partial charge in [0.15, 0.2) is 0 Å².